The number of anilines is 1. The standard InChI is InChI=1S/C16H16N2OS/c17-16(19)11-4-3-5-12(10-11)18-14-8-9-20-15-7-2-1-6-13(14)15/h1-7,10,14,18H,8-9H2,(H2,17,19). The molecule has 3 rings (SSSR count). The van der Waals surface area contributed by atoms with Crippen LogP contribution in [0, 0.1) is 0 Å². The summed E-state index contributed by atoms with van der Waals surface area (Å²) in [5, 5.41) is 3.51. The van der Waals surface area contributed by atoms with Crippen molar-refractivity contribution in [1.29, 1.82) is 0 Å². The highest BCUT2D eigenvalue weighted by Crippen LogP contribution is 2.37. The number of nitrogens with two attached hydrogens (primary N) is 1. The molecule has 0 saturated carbocycles. The Kier molecular flexibility index (Phi) is 3.65. The van der Waals surface area contributed by atoms with Gasteiger partial charge in [-0.3, -0.25) is 4.79 Å². The molecule has 1 amide bonds. The molecule has 2 aromatic rings. The van der Waals surface area contributed by atoms with Crippen LogP contribution in [0.5, 0.6) is 0 Å². The Hall–Kier alpha value is -1.94. The van der Waals surface area contributed by atoms with Crippen LogP contribution in [-0.2, 0) is 0 Å². The minimum absolute atomic E-state index is 0.288. The summed E-state index contributed by atoms with van der Waals surface area (Å²) in [5.74, 6) is 0.706. The molecule has 20 heavy (non-hydrogen) atoms. The number of primary amides is 1. The number of nitrogens with one attached hydrogen (secondary N) is 1. The van der Waals surface area contributed by atoms with Crippen molar-refractivity contribution in [3.8, 4) is 0 Å². The molecule has 0 aliphatic carbocycles. The lowest BCUT2D eigenvalue weighted by atomic mass is 10.0. The highest BCUT2D eigenvalue weighted by Gasteiger charge is 2.20. The zero-order valence-electron chi connectivity index (χ0n) is 11.0. The van der Waals surface area contributed by atoms with E-state index >= 15 is 0 Å². The molecule has 0 aromatic heterocycles. The number of thioether (sulfide) groups is 1. The second kappa shape index (κ2) is 5.59. The van der Waals surface area contributed by atoms with Crippen molar-refractivity contribution in [2.45, 2.75) is 17.4 Å². The fourth-order valence-electron chi connectivity index (χ4n) is 2.46. The summed E-state index contributed by atoms with van der Waals surface area (Å²) in [7, 11) is 0. The first-order chi connectivity index (χ1) is 9.74. The molecule has 102 valence electrons. The van der Waals surface area contributed by atoms with Gasteiger partial charge in [-0.25, -0.2) is 0 Å². The first-order valence-corrected chi connectivity index (χ1v) is 7.61. The molecular weight excluding hydrogens is 268 g/mol. The van der Waals surface area contributed by atoms with E-state index in [1.165, 1.54) is 10.5 Å². The Morgan fingerprint density at radius 1 is 1.20 bits per heavy atom. The van der Waals surface area contributed by atoms with Crippen LogP contribution >= 0.6 is 11.8 Å². The molecule has 1 unspecified atom stereocenters. The third-order valence-corrected chi connectivity index (χ3v) is 4.57. The zero-order valence-corrected chi connectivity index (χ0v) is 11.8. The zero-order chi connectivity index (χ0) is 13.9. The molecule has 1 heterocycles. The molecule has 4 heteroatoms. The fraction of sp³-hybridized carbons (Fsp3) is 0.188. The van der Waals surface area contributed by atoms with Crippen molar-refractivity contribution >= 4 is 23.4 Å². The van der Waals surface area contributed by atoms with E-state index in [0.717, 1.165) is 17.9 Å². The number of hydrogen-bond donors (Lipinski definition) is 2. The third kappa shape index (κ3) is 2.65. The van der Waals surface area contributed by atoms with Gasteiger partial charge >= 0.3 is 0 Å². The van der Waals surface area contributed by atoms with Crippen LogP contribution in [0.3, 0.4) is 0 Å². The van der Waals surface area contributed by atoms with Crippen LogP contribution in [0.4, 0.5) is 5.69 Å². The number of carbonyl (C=O) groups excluding carboxylic acids is 1. The minimum Gasteiger partial charge on any atom is -0.378 e. The Morgan fingerprint density at radius 3 is 2.90 bits per heavy atom. The summed E-state index contributed by atoms with van der Waals surface area (Å²) < 4.78 is 0. The lowest BCUT2D eigenvalue weighted by Gasteiger charge is -2.26. The monoisotopic (exact) mass is 284 g/mol. The summed E-state index contributed by atoms with van der Waals surface area (Å²) in [6.07, 6.45) is 1.07. The lowest BCUT2D eigenvalue weighted by Crippen LogP contribution is -2.17. The van der Waals surface area contributed by atoms with Gasteiger partial charge in [-0.1, -0.05) is 24.3 Å². The van der Waals surface area contributed by atoms with Gasteiger partial charge in [0.2, 0.25) is 5.91 Å². The molecule has 3 N–H and O–H groups in total. The molecule has 1 aliphatic heterocycles. The van der Waals surface area contributed by atoms with Crippen LogP contribution in [0.15, 0.2) is 53.4 Å². The third-order valence-electron chi connectivity index (χ3n) is 3.45. The van der Waals surface area contributed by atoms with Gasteiger partial charge in [0.1, 0.15) is 0 Å². The van der Waals surface area contributed by atoms with Crippen LogP contribution in [0.1, 0.15) is 28.4 Å². The summed E-state index contributed by atoms with van der Waals surface area (Å²) in [5.41, 5.74) is 8.12. The topological polar surface area (TPSA) is 55.1 Å². The normalized spacial score (nSPS) is 17.3. The number of rotatable bonds is 3. The summed E-state index contributed by atoms with van der Waals surface area (Å²) in [6, 6.07) is 16.1. The van der Waals surface area contributed by atoms with Gasteiger partial charge in [0.05, 0.1) is 6.04 Å². The number of hydrogen-bond acceptors (Lipinski definition) is 3. The highest BCUT2D eigenvalue weighted by atomic mass is 32.2. The predicted octanol–water partition coefficient (Wildman–Crippen LogP) is 3.43. The number of amides is 1. The molecule has 3 nitrogen and oxygen atoms in total. The Labute approximate surface area is 122 Å². The lowest BCUT2D eigenvalue weighted by molar-refractivity contribution is 0.100. The average molecular weight is 284 g/mol. The molecule has 0 fully saturated rings. The van der Waals surface area contributed by atoms with E-state index in [4.69, 9.17) is 5.73 Å². The smallest absolute Gasteiger partial charge is 0.248 e. The van der Waals surface area contributed by atoms with E-state index < -0.39 is 5.91 Å². The first-order valence-electron chi connectivity index (χ1n) is 6.62. The number of fused-ring (bicyclic) bond motifs is 1. The van der Waals surface area contributed by atoms with Crippen molar-refractivity contribution in [2.75, 3.05) is 11.1 Å². The number of carbonyl (C=O) groups is 1. The summed E-state index contributed by atoms with van der Waals surface area (Å²) in [4.78, 5) is 12.6. The largest absolute Gasteiger partial charge is 0.378 e. The number of benzene rings is 2. The van der Waals surface area contributed by atoms with Gasteiger partial charge in [-0.05, 0) is 36.2 Å². The van der Waals surface area contributed by atoms with E-state index in [-0.39, 0.29) is 6.04 Å². The maximum Gasteiger partial charge on any atom is 0.248 e. The first kappa shape index (κ1) is 13.1. The van der Waals surface area contributed by atoms with Crippen molar-refractivity contribution in [2.24, 2.45) is 5.73 Å². The van der Waals surface area contributed by atoms with Crippen molar-refractivity contribution in [1.82, 2.24) is 0 Å². The second-order valence-corrected chi connectivity index (χ2v) is 5.95. The molecule has 1 aliphatic rings. The van der Waals surface area contributed by atoms with Crippen LogP contribution in [0.2, 0.25) is 0 Å². The van der Waals surface area contributed by atoms with Crippen molar-refractivity contribution in [3.63, 3.8) is 0 Å². The van der Waals surface area contributed by atoms with Crippen molar-refractivity contribution < 1.29 is 4.79 Å². The SMILES string of the molecule is NC(=O)c1cccc(NC2CCSc3ccccc32)c1. The van der Waals surface area contributed by atoms with E-state index in [1.807, 2.05) is 30.0 Å². The van der Waals surface area contributed by atoms with Gasteiger partial charge in [-0.15, -0.1) is 11.8 Å². The molecule has 1 atom stereocenters. The Balaban J connectivity index is 1.85. The quantitative estimate of drug-likeness (QED) is 0.908. The highest BCUT2D eigenvalue weighted by molar-refractivity contribution is 7.99. The summed E-state index contributed by atoms with van der Waals surface area (Å²) >= 11 is 1.90. The van der Waals surface area contributed by atoms with Gasteiger partial charge in [0, 0.05) is 21.9 Å². The molecule has 0 spiro atoms. The Morgan fingerprint density at radius 2 is 2.05 bits per heavy atom. The van der Waals surface area contributed by atoms with E-state index in [2.05, 4.69) is 29.6 Å². The molecule has 0 radical (unpaired) electrons. The fourth-order valence-corrected chi connectivity index (χ4v) is 3.58. The predicted molar refractivity (Wildman–Crippen MR) is 83.1 cm³/mol. The maximum atomic E-state index is 11.2. The van der Waals surface area contributed by atoms with Crippen molar-refractivity contribution in [3.05, 3.63) is 59.7 Å². The maximum absolute atomic E-state index is 11.2. The molecule has 2 aromatic carbocycles. The van der Waals surface area contributed by atoms with Crippen LogP contribution in [0.25, 0.3) is 0 Å². The van der Waals surface area contributed by atoms with E-state index in [0.29, 0.717) is 5.56 Å². The summed E-state index contributed by atoms with van der Waals surface area (Å²) in [6.45, 7) is 0. The average Bonchev–Trinajstić information content (AvgIpc) is 2.48. The van der Waals surface area contributed by atoms with E-state index in [9.17, 15) is 4.79 Å². The minimum atomic E-state index is -0.395. The van der Waals surface area contributed by atoms with Crippen LogP contribution < -0.4 is 11.1 Å². The van der Waals surface area contributed by atoms with Gasteiger partial charge in [0.25, 0.3) is 0 Å². The van der Waals surface area contributed by atoms with Gasteiger partial charge in [-0.2, -0.15) is 0 Å². The molecule has 0 bridgehead atoms. The second-order valence-electron chi connectivity index (χ2n) is 4.82. The molecular formula is C16H16N2OS. The van der Waals surface area contributed by atoms with E-state index in [1.54, 1.807) is 6.07 Å². The van der Waals surface area contributed by atoms with Gasteiger partial charge < -0.3 is 11.1 Å². The Bertz CT molecular complexity index is 642. The van der Waals surface area contributed by atoms with Crippen LogP contribution in [-0.4, -0.2) is 11.7 Å². The van der Waals surface area contributed by atoms with Gasteiger partial charge in [0.15, 0.2) is 0 Å². The molecule has 0 saturated heterocycles.